The van der Waals surface area contributed by atoms with E-state index in [2.05, 4.69) is 20.2 Å². The zero-order chi connectivity index (χ0) is 27.1. The molecule has 2 heterocycles. The molecule has 1 saturated heterocycles. The molecule has 2 amide bonds. The van der Waals surface area contributed by atoms with E-state index in [1.807, 2.05) is 24.1 Å². The van der Waals surface area contributed by atoms with Gasteiger partial charge in [-0.25, -0.2) is 4.98 Å². The Kier molecular flexibility index (Phi) is 9.02. The molecule has 0 bridgehead atoms. The number of likely N-dealkylation sites (tertiary alicyclic amines) is 1. The lowest BCUT2D eigenvalue weighted by Crippen LogP contribution is -2.47. The molecule has 1 aromatic heterocycles. The highest BCUT2D eigenvalue weighted by Gasteiger charge is 2.32. The van der Waals surface area contributed by atoms with E-state index in [-0.39, 0.29) is 11.8 Å². The van der Waals surface area contributed by atoms with Crippen LogP contribution >= 0.6 is 11.6 Å². The summed E-state index contributed by atoms with van der Waals surface area (Å²) in [5.41, 5.74) is 0.999. The minimum absolute atomic E-state index is 0.174. The summed E-state index contributed by atoms with van der Waals surface area (Å²) >= 11 is 6.47. The van der Waals surface area contributed by atoms with Gasteiger partial charge >= 0.3 is 6.01 Å². The monoisotopic (exact) mass is 537 g/mol. The smallest absolute Gasteiger partial charge is 0.318 e. The van der Waals surface area contributed by atoms with E-state index < -0.39 is 6.04 Å². The van der Waals surface area contributed by atoms with Crippen molar-refractivity contribution >= 4 is 29.2 Å². The van der Waals surface area contributed by atoms with Crippen LogP contribution in [0.4, 0.5) is 5.82 Å². The molecule has 1 aliphatic heterocycles. The van der Waals surface area contributed by atoms with E-state index in [9.17, 15) is 9.59 Å². The van der Waals surface area contributed by atoms with Crippen molar-refractivity contribution in [2.75, 3.05) is 45.8 Å². The second-order valence-corrected chi connectivity index (χ2v) is 9.61. The fraction of sp³-hybridized carbons (Fsp3) is 0.357. The molecule has 0 spiro atoms. The summed E-state index contributed by atoms with van der Waals surface area (Å²) in [4.78, 5) is 39.2. The van der Waals surface area contributed by atoms with E-state index >= 15 is 0 Å². The van der Waals surface area contributed by atoms with E-state index in [1.165, 1.54) is 0 Å². The fourth-order valence-corrected chi connectivity index (χ4v) is 4.83. The van der Waals surface area contributed by atoms with Gasteiger partial charge in [-0.3, -0.25) is 9.59 Å². The van der Waals surface area contributed by atoms with Crippen LogP contribution in [0, 0.1) is 5.92 Å². The first-order chi connectivity index (χ1) is 18.4. The Morgan fingerprint density at radius 2 is 1.79 bits per heavy atom. The van der Waals surface area contributed by atoms with Gasteiger partial charge in [0.15, 0.2) is 0 Å². The first kappa shape index (κ1) is 27.2. The summed E-state index contributed by atoms with van der Waals surface area (Å²) in [7, 11) is 5.10. The molecule has 0 aliphatic carbocycles. The van der Waals surface area contributed by atoms with Gasteiger partial charge in [-0.15, -0.1) is 0 Å². The molecule has 4 rings (SSSR count). The maximum absolute atomic E-state index is 13.7. The first-order valence-corrected chi connectivity index (χ1v) is 12.8. The molecule has 10 heteroatoms. The molecular formula is C28H32ClN5O4. The van der Waals surface area contributed by atoms with Crippen LogP contribution in [-0.4, -0.2) is 67.6 Å². The maximum atomic E-state index is 13.7. The Hall–Kier alpha value is -3.85. The lowest BCUT2D eigenvalue weighted by atomic mass is 9.95. The normalized spacial score (nSPS) is 14.5. The Morgan fingerprint density at radius 3 is 2.45 bits per heavy atom. The number of carbonyl (C=O) groups excluding carboxylic acids is 2. The van der Waals surface area contributed by atoms with E-state index in [0.29, 0.717) is 46.9 Å². The van der Waals surface area contributed by atoms with Crippen LogP contribution in [0.15, 0.2) is 60.8 Å². The standard InChI is InChI=1S/C28H32ClN5O4/c1-33(24-12-15-30-28(31-24)38-3)18-19-13-16-34(17-14-19)27(36)25(22-6-4-5-7-23(22)29)32-26(35)20-8-10-21(37-2)11-9-20/h4-12,15,19,25H,13-14,16-18H2,1-3H3,(H,32,35). The van der Waals surface area contributed by atoms with Crippen LogP contribution < -0.4 is 19.7 Å². The Morgan fingerprint density at radius 1 is 1.08 bits per heavy atom. The molecule has 1 aliphatic rings. The van der Waals surface area contributed by atoms with Gasteiger partial charge < -0.3 is 24.6 Å². The van der Waals surface area contributed by atoms with Crippen LogP contribution in [-0.2, 0) is 4.79 Å². The number of hydrogen-bond donors (Lipinski definition) is 1. The SMILES string of the molecule is COc1ccc(C(=O)NC(C(=O)N2CCC(CN(C)c3ccnc(OC)n3)CC2)c2ccccc2Cl)cc1. The number of nitrogens with one attached hydrogen (secondary N) is 1. The highest BCUT2D eigenvalue weighted by Crippen LogP contribution is 2.28. The van der Waals surface area contributed by atoms with E-state index in [0.717, 1.165) is 25.2 Å². The number of benzene rings is 2. The number of anilines is 1. The fourth-order valence-electron chi connectivity index (χ4n) is 4.58. The molecule has 1 fully saturated rings. The molecule has 2 aromatic carbocycles. The third-order valence-electron chi connectivity index (χ3n) is 6.74. The summed E-state index contributed by atoms with van der Waals surface area (Å²) in [6.07, 6.45) is 3.34. The van der Waals surface area contributed by atoms with Crippen molar-refractivity contribution in [3.63, 3.8) is 0 Å². The molecule has 9 nitrogen and oxygen atoms in total. The van der Waals surface area contributed by atoms with Crippen molar-refractivity contribution in [2.45, 2.75) is 18.9 Å². The molecule has 3 aromatic rings. The van der Waals surface area contributed by atoms with Crippen molar-refractivity contribution in [1.29, 1.82) is 0 Å². The Labute approximate surface area is 227 Å². The molecule has 1 N–H and O–H groups in total. The van der Waals surface area contributed by atoms with Crippen LogP contribution in [0.5, 0.6) is 11.8 Å². The van der Waals surface area contributed by atoms with Crippen molar-refractivity contribution in [3.8, 4) is 11.8 Å². The number of ether oxygens (including phenoxy) is 2. The van der Waals surface area contributed by atoms with Crippen LogP contribution in [0.2, 0.25) is 5.02 Å². The van der Waals surface area contributed by atoms with Gasteiger partial charge in [0, 0.05) is 49.0 Å². The predicted octanol–water partition coefficient (Wildman–Crippen LogP) is 3.99. The van der Waals surface area contributed by atoms with Crippen molar-refractivity contribution in [1.82, 2.24) is 20.2 Å². The second-order valence-electron chi connectivity index (χ2n) is 9.21. The van der Waals surface area contributed by atoms with Gasteiger partial charge in [-0.2, -0.15) is 4.98 Å². The summed E-state index contributed by atoms with van der Waals surface area (Å²) in [5.74, 6) is 1.29. The molecule has 1 atom stereocenters. The number of rotatable bonds is 9. The minimum atomic E-state index is -0.897. The van der Waals surface area contributed by atoms with E-state index in [1.54, 1.807) is 62.9 Å². The Balaban J connectivity index is 1.43. The third-order valence-corrected chi connectivity index (χ3v) is 7.09. The number of hydrogen-bond acceptors (Lipinski definition) is 7. The van der Waals surface area contributed by atoms with Gasteiger partial charge in [-0.1, -0.05) is 29.8 Å². The quantitative estimate of drug-likeness (QED) is 0.441. The average Bonchev–Trinajstić information content (AvgIpc) is 2.96. The third kappa shape index (κ3) is 6.52. The highest BCUT2D eigenvalue weighted by atomic mass is 35.5. The number of carbonyl (C=O) groups is 2. The number of halogens is 1. The van der Waals surface area contributed by atoms with Crippen molar-refractivity contribution in [2.24, 2.45) is 5.92 Å². The molecule has 0 saturated carbocycles. The lowest BCUT2D eigenvalue weighted by molar-refractivity contribution is -0.134. The highest BCUT2D eigenvalue weighted by molar-refractivity contribution is 6.31. The molecule has 1 unspecified atom stereocenters. The van der Waals surface area contributed by atoms with Gasteiger partial charge in [0.1, 0.15) is 17.6 Å². The predicted molar refractivity (Wildman–Crippen MR) is 146 cm³/mol. The number of aromatic nitrogens is 2. The van der Waals surface area contributed by atoms with Crippen LogP contribution in [0.1, 0.15) is 34.8 Å². The Bertz CT molecular complexity index is 1250. The van der Waals surface area contributed by atoms with Gasteiger partial charge in [-0.05, 0) is 55.2 Å². The zero-order valence-corrected chi connectivity index (χ0v) is 22.5. The largest absolute Gasteiger partial charge is 0.497 e. The van der Waals surface area contributed by atoms with Crippen LogP contribution in [0.3, 0.4) is 0 Å². The van der Waals surface area contributed by atoms with Crippen molar-refractivity contribution in [3.05, 3.63) is 76.9 Å². The second kappa shape index (κ2) is 12.6. The minimum Gasteiger partial charge on any atom is -0.497 e. The molecule has 38 heavy (non-hydrogen) atoms. The van der Waals surface area contributed by atoms with Gasteiger partial charge in [0.2, 0.25) is 5.91 Å². The summed E-state index contributed by atoms with van der Waals surface area (Å²) in [6.45, 7) is 1.97. The summed E-state index contributed by atoms with van der Waals surface area (Å²) in [6, 6.07) is 15.1. The number of piperidine rings is 1. The lowest BCUT2D eigenvalue weighted by Gasteiger charge is -2.36. The summed E-state index contributed by atoms with van der Waals surface area (Å²) in [5, 5.41) is 3.34. The summed E-state index contributed by atoms with van der Waals surface area (Å²) < 4.78 is 10.3. The van der Waals surface area contributed by atoms with Gasteiger partial charge in [0.05, 0.1) is 14.2 Å². The number of nitrogens with zero attached hydrogens (tertiary/aromatic N) is 4. The molecular weight excluding hydrogens is 506 g/mol. The molecule has 200 valence electrons. The maximum Gasteiger partial charge on any atom is 0.318 e. The van der Waals surface area contributed by atoms with Crippen LogP contribution in [0.25, 0.3) is 0 Å². The zero-order valence-electron chi connectivity index (χ0n) is 21.8. The van der Waals surface area contributed by atoms with E-state index in [4.69, 9.17) is 21.1 Å². The number of amides is 2. The van der Waals surface area contributed by atoms with Gasteiger partial charge in [0.25, 0.3) is 5.91 Å². The number of methoxy groups -OCH3 is 2. The first-order valence-electron chi connectivity index (χ1n) is 12.5. The topological polar surface area (TPSA) is 96.9 Å². The molecule has 0 radical (unpaired) electrons. The average molecular weight is 538 g/mol. The van der Waals surface area contributed by atoms with Crippen molar-refractivity contribution < 1.29 is 19.1 Å².